The first kappa shape index (κ1) is 4.19. The third kappa shape index (κ3) is 0.929. The lowest BCUT2D eigenvalue weighted by Crippen LogP contribution is -1.95. The first-order valence-corrected chi connectivity index (χ1v) is 2.11. The van der Waals surface area contributed by atoms with Gasteiger partial charge in [0.15, 0.2) is 0 Å². The summed E-state index contributed by atoms with van der Waals surface area (Å²) in [6.07, 6.45) is 7.19. The molecule has 0 unspecified atom stereocenters. The Balaban J connectivity index is 2.66. The molecule has 1 radical (unpaired) electrons. The fourth-order valence-corrected chi connectivity index (χ4v) is 0.400. The summed E-state index contributed by atoms with van der Waals surface area (Å²) in [4.78, 5) is 0. The van der Waals surface area contributed by atoms with Crippen molar-refractivity contribution in [1.82, 2.24) is 5.32 Å². The molecular formula is C6H6N. The Morgan fingerprint density at radius 2 is 1.86 bits per heavy atom. The van der Waals surface area contributed by atoms with Crippen LogP contribution in [0.3, 0.4) is 0 Å². The van der Waals surface area contributed by atoms with Crippen molar-refractivity contribution in [2.24, 2.45) is 0 Å². The molecule has 0 saturated carbocycles. The average molecular weight is 92.1 g/mol. The van der Waals surface area contributed by atoms with E-state index in [9.17, 15) is 0 Å². The van der Waals surface area contributed by atoms with Crippen LogP contribution in [0, 0.1) is 6.58 Å². The first-order chi connectivity index (χ1) is 3.39. The minimum atomic E-state index is 0.791. The van der Waals surface area contributed by atoms with Crippen LogP contribution in [0.2, 0.25) is 0 Å². The highest BCUT2D eigenvalue weighted by Crippen LogP contribution is 1.95. The van der Waals surface area contributed by atoms with Gasteiger partial charge in [-0.3, -0.25) is 0 Å². The van der Waals surface area contributed by atoms with Gasteiger partial charge in [-0.1, -0.05) is 6.58 Å². The monoisotopic (exact) mass is 92.1 g/mol. The zero-order valence-corrected chi connectivity index (χ0v) is 3.89. The summed E-state index contributed by atoms with van der Waals surface area (Å²) >= 11 is 0. The lowest BCUT2D eigenvalue weighted by atomic mass is 10.3. The van der Waals surface area contributed by atoms with Gasteiger partial charge >= 0.3 is 0 Å². The molecule has 0 fully saturated rings. The van der Waals surface area contributed by atoms with Gasteiger partial charge in [0, 0.05) is 12.4 Å². The maximum Gasteiger partial charge on any atom is 0.00104 e. The second kappa shape index (κ2) is 1.65. The molecule has 1 aliphatic rings. The van der Waals surface area contributed by atoms with E-state index in [4.69, 9.17) is 6.58 Å². The van der Waals surface area contributed by atoms with E-state index in [2.05, 4.69) is 5.32 Å². The van der Waals surface area contributed by atoms with Gasteiger partial charge in [-0.15, -0.1) is 0 Å². The van der Waals surface area contributed by atoms with Crippen LogP contribution in [-0.4, -0.2) is 0 Å². The summed E-state index contributed by atoms with van der Waals surface area (Å²) in [6, 6.07) is 0. The molecule has 0 saturated heterocycles. The van der Waals surface area contributed by atoms with Crippen molar-refractivity contribution in [3.05, 3.63) is 36.7 Å². The van der Waals surface area contributed by atoms with Crippen molar-refractivity contribution in [1.29, 1.82) is 0 Å². The molecule has 1 nitrogen and oxygen atoms in total. The van der Waals surface area contributed by atoms with E-state index in [1.807, 2.05) is 0 Å². The zero-order chi connectivity index (χ0) is 5.11. The van der Waals surface area contributed by atoms with Gasteiger partial charge in [0.25, 0.3) is 0 Å². The topological polar surface area (TPSA) is 12.0 Å². The van der Waals surface area contributed by atoms with Gasteiger partial charge in [-0.05, 0) is 17.7 Å². The second-order valence-corrected chi connectivity index (χ2v) is 1.33. The number of rotatable bonds is 0. The van der Waals surface area contributed by atoms with Gasteiger partial charge in [0.1, 0.15) is 0 Å². The van der Waals surface area contributed by atoms with Crippen molar-refractivity contribution < 1.29 is 0 Å². The third-order valence-electron chi connectivity index (χ3n) is 0.744. The van der Waals surface area contributed by atoms with Crippen LogP contribution < -0.4 is 5.32 Å². The number of allylic oxidation sites excluding steroid dienone is 3. The molecule has 0 aromatic carbocycles. The van der Waals surface area contributed by atoms with Crippen LogP contribution in [0.25, 0.3) is 0 Å². The largest absolute Gasteiger partial charge is 0.368 e. The molecule has 1 heteroatoms. The Bertz CT molecular complexity index is 117. The van der Waals surface area contributed by atoms with E-state index in [-0.39, 0.29) is 0 Å². The smallest absolute Gasteiger partial charge is 0.00104 e. The number of nitrogens with one attached hydrogen (secondary N) is 1. The average Bonchev–Trinajstić information content (AvgIpc) is 1.69. The van der Waals surface area contributed by atoms with Gasteiger partial charge in [0.2, 0.25) is 0 Å². The highest BCUT2D eigenvalue weighted by atomic mass is 14.8. The minimum Gasteiger partial charge on any atom is -0.368 e. The standard InChI is InChI=1S/C6H6N/c1-6-2-4-7-5-3-6/h1-5,7H. The molecular weight excluding hydrogens is 86.1 g/mol. The van der Waals surface area contributed by atoms with Crippen LogP contribution in [-0.2, 0) is 0 Å². The Labute approximate surface area is 43.0 Å². The maximum atomic E-state index is 5.34. The Morgan fingerprint density at radius 3 is 2.14 bits per heavy atom. The lowest BCUT2D eigenvalue weighted by molar-refractivity contribution is 1.17. The van der Waals surface area contributed by atoms with Gasteiger partial charge in [-0.2, -0.15) is 0 Å². The maximum absolute atomic E-state index is 5.34. The molecule has 1 heterocycles. The van der Waals surface area contributed by atoms with E-state index in [0.29, 0.717) is 0 Å². The van der Waals surface area contributed by atoms with Crippen LogP contribution in [0.1, 0.15) is 0 Å². The Hall–Kier alpha value is -0.980. The van der Waals surface area contributed by atoms with Crippen molar-refractivity contribution in [3.63, 3.8) is 0 Å². The van der Waals surface area contributed by atoms with E-state index in [1.54, 1.807) is 24.6 Å². The molecule has 0 bridgehead atoms. The first-order valence-electron chi connectivity index (χ1n) is 2.11. The lowest BCUT2D eigenvalue weighted by Gasteiger charge is -1.95. The highest BCUT2D eigenvalue weighted by molar-refractivity contribution is 5.28. The predicted octanol–water partition coefficient (Wildman–Crippen LogP) is 0.976. The van der Waals surface area contributed by atoms with Crippen molar-refractivity contribution in [2.45, 2.75) is 0 Å². The van der Waals surface area contributed by atoms with Crippen LogP contribution in [0.15, 0.2) is 30.1 Å². The van der Waals surface area contributed by atoms with E-state index < -0.39 is 0 Å². The van der Waals surface area contributed by atoms with E-state index in [0.717, 1.165) is 5.57 Å². The normalized spacial score (nSPS) is 16.9. The van der Waals surface area contributed by atoms with Crippen LogP contribution in [0.4, 0.5) is 0 Å². The number of hydrogen-bond acceptors (Lipinski definition) is 1. The predicted molar refractivity (Wildman–Crippen MR) is 29.2 cm³/mol. The van der Waals surface area contributed by atoms with Crippen molar-refractivity contribution in [2.75, 3.05) is 0 Å². The minimum absolute atomic E-state index is 0.791. The van der Waals surface area contributed by atoms with Crippen molar-refractivity contribution >= 4 is 0 Å². The molecule has 0 aliphatic carbocycles. The molecule has 0 atom stereocenters. The van der Waals surface area contributed by atoms with Gasteiger partial charge in [-0.25, -0.2) is 0 Å². The summed E-state index contributed by atoms with van der Waals surface area (Å²) in [6.45, 7) is 5.34. The zero-order valence-electron chi connectivity index (χ0n) is 3.89. The molecule has 0 aromatic rings. The molecule has 1 aliphatic heterocycles. The molecule has 7 heavy (non-hydrogen) atoms. The SMILES string of the molecule is [CH]=C1C=CNC=C1. The third-order valence-corrected chi connectivity index (χ3v) is 0.744. The molecule has 0 spiro atoms. The van der Waals surface area contributed by atoms with E-state index >= 15 is 0 Å². The van der Waals surface area contributed by atoms with Gasteiger partial charge < -0.3 is 5.32 Å². The van der Waals surface area contributed by atoms with Crippen LogP contribution in [0.5, 0.6) is 0 Å². The molecule has 1 rings (SSSR count). The second-order valence-electron chi connectivity index (χ2n) is 1.33. The molecule has 1 N–H and O–H groups in total. The number of hydrogen-bond donors (Lipinski definition) is 1. The summed E-state index contributed by atoms with van der Waals surface area (Å²) in [5, 5.41) is 2.85. The molecule has 35 valence electrons. The molecule has 0 amide bonds. The Kier molecular flexibility index (Phi) is 0.984. The number of dihydropyridines is 1. The fourth-order valence-electron chi connectivity index (χ4n) is 0.400. The van der Waals surface area contributed by atoms with Gasteiger partial charge in [0.05, 0.1) is 0 Å². The van der Waals surface area contributed by atoms with Crippen molar-refractivity contribution in [3.8, 4) is 0 Å². The quantitative estimate of drug-likeness (QED) is 0.469. The molecule has 0 aromatic heterocycles. The highest BCUT2D eigenvalue weighted by Gasteiger charge is 1.81. The summed E-state index contributed by atoms with van der Waals surface area (Å²) in [7, 11) is 0. The summed E-state index contributed by atoms with van der Waals surface area (Å²) in [5.41, 5.74) is 0.791. The van der Waals surface area contributed by atoms with E-state index in [1.165, 1.54) is 0 Å². The fraction of sp³-hybridized carbons (Fsp3) is 0. The summed E-state index contributed by atoms with van der Waals surface area (Å²) < 4.78 is 0. The van der Waals surface area contributed by atoms with Crippen LogP contribution >= 0.6 is 0 Å². The summed E-state index contributed by atoms with van der Waals surface area (Å²) in [5.74, 6) is 0. The Morgan fingerprint density at radius 1 is 1.29 bits per heavy atom.